The van der Waals surface area contributed by atoms with E-state index in [1.54, 1.807) is 61.8 Å². The summed E-state index contributed by atoms with van der Waals surface area (Å²) in [4.78, 5) is 24.3. The van der Waals surface area contributed by atoms with E-state index in [0.717, 1.165) is 0 Å². The fraction of sp³-hybridized carbons (Fsp3) is 0.0500. The van der Waals surface area contributed by atoms with E-state index in [9.17, 15) is 4.79 Å². The molecule has 0 atom stereocenters. The number of imidazole rings is 1. The monoisotopic (exact) mass is 427 g/mol. The maximum Gasteiger partial charge on any atom is 0.256 e. The van der Waals surface area contributed by atoms with Crippen LogP contribution >= 0.6 is 23.2 Å². The van der Waals surface area contributed by atoms with Gasteiger partial charge in [-0.05, 0) is 36.4 Å². The van der Waals surface area contributed by atoms with Crippen molar-refractivity contribution < 1.29 is 9.53 Å². The number of rotatable bonds is 5. The normalized spacial score (nSPS) is 10.7. The number of nitrogens with zero attached hydrogens (tertiary/aromatic N) is 2. The minimum atomic E-state index is -0.300. The van der Waals surface area contributed by atoms with Gasteiger partial charge in [-0.1, -0.05) is 29.3 Å². The molecule has 3 N–H and O–H groups in total. The quantitative estimate of drug-likeness (QED) is 0.403. The number of aromatic amines is 1. The summed E-state index contributed by atoms with van der Waals surface area (Å²) >= 11 is 12.4. The van der Waals surface area contributed by atoms with Crippen molar-refractivity contribution in [1.82, 2.24) is 15.0 Å². The van der Waals surface area contributed by atoms with E-state index in [4.69, 9.17) is 27.9 Å². The van der Waals surface area contributed by atoms with Crippen LogP contribution in [-0.2, 0) is 0 Å². The van der Waals surface area contributed by atoms with Crippen molar-refractivity contribution >= 4 is 57.6 Å². The Labute approximate surface area is 176 Å². The number of benzene rings is 2. The molecule has 4 aromatic rings. The highest BCUT2D eigenvalue weighted by atomic mass is 35.5. The summed E-state index contributed by atoms with van der Waals surface area (Å²) in [5.74, 6) is 1.16. The van der Waals surface area contributed by atoms with Gasteiger partial charge in [0.25, 0.3) is 5.91 Å². The van der Waals surface area contributed by atoms with Crippen molar-refractivity contribution in [3.8, 4) is 5.75 Å². The number of carbonyl (C=O) groups excluding carboxylic acids is 1. The van der Waals surface area contributed by atoms with Crippen LogP contribution in [0.3, 0.4) is 0 Å². The fourth-order valence-electron chi connectivity index (χ4n) is 2.74. The molecule has 2 aromatic carbocycles. The molecule has 0 aliphatic carbocycles. The number of methoxy groups -OCH3 is 1. The Morgan fingerprint density at radius 3 is 2.66 bits per heavy atom. The summed E-state index contributed by atoms with van der Waals surface area (Å²) in [6.07, 6.45) is 1.56. The van der Waals surface area contributed by atoms with E-state index in [0.29, 0.717) is 49.8 Å². The SMILES string of the molecule is COc1ccnc(NC(=O)c2ccc3nc(Nc4c(Cl)cccc4Cl)[nH]c3c2)c1. The molecule has 4 rings (SSSR count). The van der Waals surface area contributed by atoms with E-state index < -0.39 is 0 Å². The molecule has 146 valence electrons. The topological polar surface area (TPSA) is 91.9 Å². The molecule has 0 saturated carbocycles. The van der Waals surface area contributed by atoms with Crippen LogP contribution in [0, 0.1) is 0 Å². The molecule has 0 aliphatic heterocycles. The minimum Gasteiger partial charge on any atom is -0.497 e. The number of halogens is 2. The summed E-state index contributed by atoms with van der Waals surface area (Å²) in [5, 5.41) is 6.77. The second kappa shape index (κ2) is 7.98. The zero-order valence-electron chi connectivity index (χ0n) is 15.2. The number of anilines is 3. The lowest BCUT2D eigenvalue weighted by Gasteiger charge is -2.07. The molecule has 0 unspecified atom stereocenters. The maximum absolute atomic E-state index is 12.6. The summed E-state index contributed by atoms with van der Waals surface area (Å²) in [7, 11) is 1.55. The molecule has 2 aromatic heterocycles. The Bertz CT molecular complexity index is 1190. The van der Waals surface area contributed by atoms with Crippen LogP contribution in [0.4, 0.5) is 17.5 Å². The zero-order valence-corrected chi connectivity index (χ0v) is 16.7. The predicted octanol–water partition coefficient (Wildman–Crippen LogP) is 5.27. The number of aromatic nitrogens is 3. The molecular formula is C20H15Cl2N5O2. The lowest BCUT2D eigenvalue weighted by molar-refractivity contribution is 0.102. The Morgan fingerprint density at radius 2 is 1.90 bits per heavy atom. The van der Waals surface area contributed by atoms with E-state index in [1.165, 1.54) is 0 Å². The van der Waals surface area contributed by atoms with Crippen molar-refractivity contribution in [3.05, 3.63) is 70.3 Å². The average Bonchev–Trinajstić information content (AvgIpc) is 3.12. The first-order valence-corrected chi connectivity index (χ1v) is 9.31. The summed E-state index contributed by atoms with van der Waals surface area (Å²) < 4.78 is 5.14. The lowest BCUT2D eigenvalue weighted by atomic mass is 10.2. The number of fused-ring (bicyclic) bond motifs is 1. The number of hydrogen-bond donors (Lipinski definition) is 3. The van der Waals surface area contributed by atoms with E-state index in [1.807, 2.05) is 0 Å². The van der Waals surface area contributed by atoms with Crippen molar-refractivity contribution in [1.29, 1.82) is 0 Å². The molecule has 2 heterocycles. The van der Waals surface area contributed by atoms with Gasteiger partial charge in [-0.15, -0.1) is 0 Å². The van der Waals surface area contributed by atoms with Crippen LogP contribution in [0.5, 0.6) is 5.75 Å². The highest BCUT2D eigenvalue weighted by Gasteiger charge is 2.12. The molecule has 0 fully saturated rings. The van der Waals surface area contributed by atoms with Gasteiger partial charge in [0.15, 0.2) is 0 Å². The minimum absolute atomic E-state index is 0.300. The van der Waals surface area contributed by atoms with E-state index in [-0.39, 0.29) is 5.91 Å². The van der Waals surface area contributed by atoms with Crippen LogP contribution < -0.4 is 15.4 Å². The number of hydrogen-bond acceptors (Lipinski definition) is 5. The van der Waals surface area contributed by atoms with Crippen molar-refractivity contribution in [3.63, 3.8) is 0 Å². The van der Waals surface area contributed by atoms with Gasteiger partial charge < -0.3 is 20.4 Å². The molecule has 0 radical (unpaired) electrons. The zero-order chi connectivity index (χ0) is 20.4. The van der Waals surface area contributed by atoms with Gasteiger partial charge in [0.2, 0.25) is 5.95 Å². The molecule has 7 nitrogen and oxygen atoms in total. The van der Waals surface area contributed by atoms with Crippen LogP contribution in [0.15, 0.2) is 54.7 Å². The van der Waals surface area contributed by atoms with Gasteiger partial charge in [0.1, 0.15) is 11.6 Å². The van der Waals surface area contributed by atoms with Crippen LogP contribution in [0.25, 0.3) is 11.0 Å². The van der Waals surface area contributed by atoms with Gasteiger partial charge in [0, 0.05) is 17.8 Å². The Kier molecular flexibility index (Phi) is 5.24. The second-order valence-electron chi connectivity index (χ2n) is 6.07. The first-order chi connectivity index (χ1) is 14.0. The third-order valence-corrected chi connectivity index (χ3v) is 4.79. The standard InChI is InChI=1S/C20H15Cl2N5O2/c1-29-12-7-8-23-17(10-12)26-19(28)11-5-6-15-16(9-11)25-20(24-15)27-18-13(21)3-2-4-14(18)22/h2-10H,1H3,(H,23,26,28)(H2,24,25,27). The first kappa shape index (κ1) is 19.0. The highest BCUT2D eigenvalue weighted by Crippen LogP contribution is 2.32. The maximum atomic E-state index is 12.6. The first-order valence-electron chi connectivity index (χ1n) is 8.55. The third-order valence-electron chi connectivity index (χ3n) is 4.16. The van der Waals surface area contributed by atoms with Crippen molar-refractivity contribution in [2.75, 3.05) is 17.7 Å². The van der Waals surface area contributed by atoms with E-state index >= 15 is 0 Å². The van der Waals surface area contributed by atoms with Crippen LogP contribution in [0.2, 0.25) is 10.0 Å². The smallest absolute Gasteiger partial charge is 0.256 e. The van der Waals surface area contributed by atoms with Gasteiger partial charge in [-0.2, -0.15) is 0 Å². The molecule has 0 aliphatic rings. The number of H-pyrrole nitrogens is 1. The van der Waals surface area contributed by atoms with Crippen LogP contribution in [0.1, 0.15) is 10.4 Å². The number of ether oxygens (including phenoxy) is 1. The molecule has 0 bridgehead atoms. The third kappa shape index (κ3) is 4.11. The van der Waals surface area contributed by atoms with Crippen molar-refractivity contribution in [2.24, 2.45) is 0 Å². The Hall–Kier alpha value is -3.29. The van der Waals surface area contributed by atoms with Gasteiger partial charge in [-0.25, -0.2) is 9.97 Å². The van der Waals surface area contributed by atoms with Gasteiger partial charge in [-0.3, -0.25) is 4.79 Å². The number of carbonyl (C=O) groups is 1. The number of nitrogens with one attached hydrogen (secondary N) is 3. The molecule has 0 saturated heterocycles. The number of amides is 1. The lowest BCUT2D eigenvalue weighted by Crippen LogP contribution is -2.12. The Balaban J connectivity index is 1.57. The highest BCUT2D eigenvalue weighted by molar-refractivity contribution is 6.39. The molecule has 9 heteroatoms. The van der Waals surface area contributed by atoms with Crippen molar-refractivity contribution in [2.45, 2.75) is 0 Å². The summed E-state index contributed by atoms with van der Waals surface area (Å²) in [6, 6.07) is 13.7. The molecule has 0 spiro atoms. The Morgan fingerprint density at radius 1 is 1.10 bits per heavy atom. The summed E-state index contributed by atoms with van der Waals surface area (Å²) in [5.41, 5.74) is 2.37. The van der Waals surface area contributed by atoms with Gasteiger partial charge >= 0.3 is 0 Å². The number of para-hydroxylation sites is 1. The summed E-state index contributed by atoms with van der Waals surface area (Å²) in [6.45, 7) is 0. The second-order valence-corrected chi connectivity index (χ2v) is 6.89. The predicted molar refractivity (Wildman–Crippen MR) is 115 cm³/mol. The fourth-order valence-corrected chi connectivity index (χ4v) is 3.23. The average molecular weight is 428 g/mol. The molecule has 1 amide bonds. The van der Waals surface area contributed by atoms with Crippen LogP contribution in [-0.4, -0.2) is 28.0 Å². The molecule has 29 heavy (non-hydrogen) atoms. The molecular weight excluding hydrogens is 413 g/mol. The van der Waals surface area contributed by atoms with E-state index in [2.05, 4.69) is 25.6 Å². The largest absolute Gasteiger partial charge is 0.497 e. The van der Waals surface area contributed by atoms with Gasteiger partial charge in [0.05, 0.1) is 33.9 Å². The number of pyridine rings is 1.